The van der Waals surface area contributed by atoms with E-state index in [1.165, 1.54) is 0 Å². The van der Waals surface area contributed by atoms with Gasteiger partial charge in [0, 0.05) is 50.0 Å². The third kappa shape index (κ3) is 2.68. The highest BCUT2D eigenvalue weighted by Gasteiger charge is 2.26. The Hall–Kier alpha value is -2.37. The van der Waals surface area contributed by atoms with Crippen LogP contribution in [0.4, 0.5) is 4.79 Å². The number of pyridine rings is 1. The lowest BCUT2D eigenvalue weighted by molar-refractivity contribution is 0.168. The molecule has 1 fully saturated rings. The normalized spacial score (nSPS) is 18.3. The number of likely N-dealkylation sites (tertiary alicyclic amines) is 1. The molecule has 0 saturated carbocycles. The molecule has 1 aliphatic rings. The number of hydrogen-bond donors (Lipinski definition) is 1. The molecule has 0 spiro atoms. The summed E-state index contributed by atoms with van der Waals surface area (Å²) in [6.45, 7) is 3.60. The standard InChI is InChI=1S/C16H21N5O/c1-12-10-19-15(13-5-7-18-8-6-13)21(12)14-4-3-9-20(11-14)16(22)17-2/h5-8,10,14H,3-4,9,11H2,1-2H3,(H,17,22). The van der Waals surface area contributed by atoms with Crippen molar-refractivity contribution in [1.82, 2.24) is 24.8 Å². The maximum Gasteiger partial charge on any atom is 0.317 e. The molecule has 6 heteroatoms. The Balaban J connectivity index is 1.91. The van der Waals surface area contributed by atoms with Crippen LogP contribution in [0.3, 0.4) is 0 Å². The van der Waals surface area contributed by atoms with Crippen molar-refractivity contribution in [2.24, 2.45) is 0 Å². The molecule has 0 aromatic carbocycles. The fourth-order valence-corrected chi connectivity index (χ4v) is 3.13. The third-order valence-electron chi connectivity index (χ3n) is 4.18. The lowest BCUT2D eigenvalue weighted by Crippen LogP contribution is -2.45. The zero-order valence-corrected chi connectivity index (χ0v) is 13.0. The van der Waals surface area contributed by atoms with Gasteiger partial charge in [0.15, 0.2) is 0 Å². The molecule has 2 aromatic heterocycles. The predicted molar refractivity (Wildman–Crippen MR) is 84.5 cm³/mol. The number of carbonyl (C=O) groups excluding carboxylic acids is 1. The van der Waals surface area contributed by atoms with Crippen molar-refractivity contribution in [2.45, 2.75) is 25.8 Å². The topological polar surface area (TPSA) is 63.1 Å². The Kier molecular flexibility index (Phi) is 4.09. The molecule has 1 N–H and O–H groups in total. The van der Waals surface area contributed by atoms with E-state index in [1.807, 2.05) is 23.2 Å². The van der Waals surface area contributed by atoms with Crippen molar-refractivity contribution in [2.75, 3.05) is 20.1 Å². The first kappa shape index (κ1) is 14.6. The Morgan fingerprint density at radius 3 is 2.86 bits per heavy atom. The molecule has 1 aliphatic heterocycles. The largest absolute Gasteiger partial charge is 0.341 e. The summed E-state index contributed by atoms with van der Waals surface area (Å²) in [5, 5.41) is 2.72. The monoisotopic (exact) mass is 299 g/mol. The minimum absolute atomic E-state index is 0.00655. The zero-order valence-electron chi connectivity index (χ0n) is 13.0. The van der Waals surface area contributed by atoms with E-state index in [0.29, 0.717) is 0 Å². The molecule has 2 aromatic rings. The van der Waals surface area contributed by atoms with Crippen LogP contribution < -0.4 is 5.32 Å². The second-order valence-electron chi connectivity index (χ2n) is 5.63. The van der Waals surface area contributed by atoms with Gasteiger partial charge in [0.25, 0.3) is 0 Å². The van der Waals surface area contributed by atoms with E-state index in [0.717, 1.165) is 43.0 Å². The number of carbonyl (C=O) groups is 1. The average Bonchev–Trinajstić information content (AvgIpc) is 2.96. The molecule has 0 bridgehead atoms. The second-order valence-corrected chi connectivity index (χ2v) is 5.63. The lowest BCUT2D eigenvalue weighted by Gasteiger charge is -2.34. The van der Waals surface area contributed by atoms with Crippen molar-refractivity contribution < 1.29 is 4.79 Å². The van der Waals surface area contributed by atoms with Crippen LogP contribution >= 0.6 is 0 Å². The molecule has 116 valence electrons. The third-order valence-corrected chi connectivity index (χ3v) is 4.18. The van der Waals surface area contributed by atoms with Gasteiger partial charge in [0.05, 0.1) is 6.04 Å². The van der Waals surface area contributed by atoms with Crippen molar-refractivity contribution >= 4 is 6.03 Å². The molecule has 2 amide bonds. The summed E-state index contributed by atoms with van der Waals surface area (Å²) in [5.41, 5.74) is 2.18. The van der Waals surface area contributed by atoms with Crippen molar-refractivity contribution in [3.8, 4) is 11.4 Å². The number of nitrogens with zero attached hydrogens (tertiary/aromatic N) is 4. The number of piperidine rings is 1. The SMILES string of the molecule is CNC(=O)N1CCCC(n2c(C)cnc2-c2ccncc2)C1. The number of aromatic nitrogens is 3. The summed E-state index contributed by atoms with van der Waals surface area (Å²) in [7, 11) is 1.68. The smallest absolute Gasteiger partial charge is 0.317 e. The van der Waals surface area contributed by atoms with Crippen LogP contribution in [0, 0.1) is 6.92 Å². The molecule has 1 saturated heterocycles. The summed E-state index contributed by atoms with van der Waals surface area (Å²) in [5.74, 6) is 0.948. The Labute approximate surface area is 130 Å². The summed E-state index contributed by atoms with van der Waals surface area (Å²) in [6.07, 6.45) is 7.52. The van der Waals surface area contributed by atoms with Crippen LogP contribution in [0.1, 0.15) is 24.6 Å². The predicted octanol–water partition coefficient (Wildman–Crippen LogP) is 2.23. The highest BCUT2D eigenvalue weighted by Crippen LogP contribution is 2.29. The Bertz CT molecular complexity index is 652. The quantitative estimate of drug-likeness (QED) is 0.925. The first-order chi connectivity index (χ1) is 10.7. The highest BCUT2D eigenvalue weighted by atomic mass is 16.2. The number of aryl methyl sites for hydroxylation is 1. The Morgan fingerprint density at radius 2 is 2.14 bits per heavy atom. The first-order valence-electron chi connectivity index (χ1n) is 7.61. The van der Waals surface area contributed by atoms with E-state index in [4.69, 9.17) is 0 Å². The fourth-order valence-electron chi connectivity index (χ4n) is 3.13. The van der Waals surface area contributed by atoms with E-state index < -0.39 is 0 Å². The molecule has 1 unspecified atom stereocenters. The zero-order chi connectivity index (χ0) is 15.5. The fraction of sp³-hybridized carbons (Fsp3) is 0.438. The van der Waals surface area contributed by atoms with Crippen molar-refractivity contribution in [1.29, 1.82) is 0 Å². The van der Waals surface area contributed by atoms with Gasteiger partial charge >= 0.3 is 6.03 Å². The van der Waals surface area contributed by atoms with Crippen molar-refractivity contribution in [3.63, 3.8) is 0 Å². The van der Waals surface area contributed by atoms with E-state index in [1.54, 1.807) is 19.4 Å². The molecule has 0 aliphatic carbocycles. The molecule has 1 atom stereocenters. The van der Waals surface area contributed by atoms with Gasteiger partial charge in [-0.05, 0) is 31.9 Å². The van der Waals surface area contributed by atoms with Gasteiger partial charge in [-0.25, -0.2) is 9.78 Å². The summed E-state index contributed by atoms with van der Waals surface area (Å²) < 4.78 is 2.25. The molecular formula is C16H21N5O. The molecule has 0 radical (unpaired) electrons. The number of rotatable bonds is 2. The highest BCUT2D eigenvalue weighted by molar-refractivity contribution is 5.73. The van der Waals surface area contributed by atoms with E-state index in [-0.39, 0.29) is 12.1 Å². The number of amides is 2. The van der Waals surface area contributed by atoms with Crippen LogP contribution in [-0.4, -0.2) is 45.6 Å². The van der Waals surface area contributed by atoms with E-state index in [9.17, 15) is 4.79 Å². The minimum atomic E-state index is -0.00655. The first-order valence-corrected chi connectivity index (χ1v) is 7.61. The Morgan fingerprint density at radius 1 is 1.36 bits per heavy atom. The van der Waals surface area contributed by atoms with Crippen LogP contribution in [0.25, 0.3) is 11.4 Å². The maximum absolute atomic E-state index is 11.9. The lowest BCUT2D eigenvalue weighted by atomic mass is 10.0. The summed E-state index contributed by atoms with van der Waals surface area (Å²) in [4.78, 5) is 22.4. The van der Waals surface area contributed by atoms with Crippen LogP contribution in [0.15, 0.2) is 30.7 Å². The van der Waals surface area contributed by atoms with Crippen LogP contribution in [0.2, 0.25) is 0 Å². The van der Waals surface area contributed by atoms with Crippen LogP contribution in [0.5, 0.6) is 0 Å². The van der Waals surface area contributed by atoms with Gasteiger partial charge in [-0.15, -0.1) is 0 Å². The number of urea groups is 1. The van der Waals surface area contributed by atoms with E-state index in [2.05, 4.69) is 26.8 Å². The van der Waals surface area contributed by atoms with Gasteiger partial charge in [-0.2, -0.15) is 0 Å². The van der Waals surface area contributed by atoms with Crippen LogP contribution in [-0.2, 0) is 0 Å². The number of hydrogen-bond acceptors (Lipinski definition) is 3. The van der Waals surface area contributed by atoms with Gasteiger partial charge in [-0.1, -0.05) is 0 Å². The molecular weight excluding hydrogens is 278 g/mol. The molecule has 3 heterocycles. The molecule has 6 nitrogen and oxygen atoms in total. The molecule has 3 rings (SSSR count). The molecule has 22 heavy (non-hydrogen) atoms. The second kappa shape index (κ2) is 6.17. The summed E-state index contributed by atoms with van der Waals surface area (Å²) in [6, 6.07) is 4.19. The maximum atomic E-state index is 11.9. The van der Waals surface area contributed by atoms with Gasteiger partial charge in [-0.3, -0.25) is 4.98 Å². The van der Waals surface area contributed by atoms with Gasteiger partial charge in [0.1, 0.15) is 5.82 Å². The van der Waals surface area contributed by atoms with Crippen molar-refractivity contribution in [3.05, 3.63) is 36.4 Å². The van der Waals surface area contributed by atoms with Gasteiger partial charge in [0.2, 0.25) is 0 Å². The number of nitrogens with one attached hydrogen (secondary N) is 1. The number of imidazole rings is 1. The van der Waals surface area contributed by atoms with E-state index >= 15 is 0 Å². The minimum Gasteiger partial charge on any atom is -0.341 e. The van der Waals surface area contributed by atoms with Gasteiger partial charge < -0.3 is 14.8 Å². The summed E-state index contributed by atoms with van der Waals surface area (Å²) >= 11 is 0. The average molecular weight is 299 g/mol.